The van der Waals surface area contributed by atoms with Gasteiger partial charge in [-0.05, 0) is 18.2 Å². The van der Waals surface area contributed by atoms with Crippen molar-refractivity contribution in [2.45, 2.75) is 6.42 Å². The molecular weight excluding hydrogens is 88.1 g/mol. The van der Waals surface area contributed by atoms with Gasteiger partial charge in [-0.25, -0.2) is 0 Å². The van der Waals surface area contributed by atoms with E-state index in [-0.39, 0.29) is 0 Å². The predicted octanol–water partition coefficient (Wildman–Crippen LogP) is 1.39. The molecule has 1 radical (unpaired) electrons. The van der Waals surface area contributed by atoms with E-state index in [9.17, 15) is 0 Å². The Kier molecular flexibility index (Phi) is 0.432. The van der Waals surface area contributed by atoms with E-state index in [2.05, 4.69) is 6.08 Å². The zero-order valence-corrected chi connectivity index (χ0v) is 3.85. The van der Waals surface area contributed by atoms with Crippen molar-refractivity contribution in [2.75, 3.05) is 0 Å². The van der Waals surface area contributed by atoms with E-state index in [1.165, 1.54) is 0 Å². The van der Waals surface area contributed by atoms with Gasteiger partial charge in [-0.3, -0.25) is 0 Å². The van der Waals surface area contributed by atoms with Crippen molar-refractivity contribution in [3.8, 4) is 0 Å². The molecule has 2 aliphatic heterocycles. The summed E-state index contributed by atoms with van der Waals surface area (Å²) in [7, 11) is 0. The lowest BCUT2D eigenvalue weighted by atomic mass is 10.2. The summed E-state index contributed by atoms with van der Waals surface area (Å²) in [4.78, 5) is 0. The van der Waals surface area contributed by atoms with Crippen LogP contribution in [0.5, 0.6) is 0 Å². The molecule has 1 nitrogen and oxygen atoms in total. The third kappa shape index (κ3) is 0.322. The Morgan fingerprint density at radius 2 is 2.43 bits per heavy atom. The second-order valence-electron chi connectivity index (χ2n) is 1.71. The largest absolute Gasteiger partial charge is 0.479 e. The van der Waals surface area contributed by atoms with Crippen molar-refractivity contribution >= 4 is 0 Å². The third-order valence-corrected chi connectivity index (χ3v) is 1.19. The van der Waals surface area contributed by atoms with E-state index in [1.807, 2.05) is 12.2 Å². The third-order valence-electron chi connectivity index (χ3n) is 1.19. The van der Waals surface area contributed by atoms with Crippen LogP contribution in [0.25, 0.3) is 0 Å². The van der Waals surface area contributed by atoms with Gasteiger partial charge in [0.2, 0.25) is 0 Å². The second-order valence-corrected chi connectivity index (χ2v) is 1.71. The van der Waals surface area contributed by atoms with Crippen LogP contribution < -0.4 is 0 Å². The molecule has 0 aliphatic carbocycles. The van der Waals surface area contributed by atoms with Gasteiger partial charge in [-0.1, -0.05) is 0 Å². The van der Waals surface area contributed by atoms with Gasteiger partial charge in [-0.2, -0.15) is 0 Å². The van der Waals surface area contributed by atoms with Gasteiger partial charge in [0.1, 0.15) is 5.76 Å². The minimum Gasteiger partial charge on any atom is -0.479 e. The summed E-state index contributed by atoms with van der Waals surface area (Å²) in [6, 6.07) is 0. The molecule has 0 aromatic heterocycles. The molecule has 7 heavy (non-hydrogen) atoms. The second kappa shape index (κ2) is 0.915. The molecule has 0 unspecified atom stereocenters. The molecule has 0 atom stereocenters. The normalized spacial score (nSPS) is 25.4. The van der Waals surface area contributed by atoms with Gasteiger partial charge in [0.05, 0.1) is 0 Å². The number of fused-ring (bicyclic) bond motifs is 2. The first-order valence-electron chi connectivity index (χ1n) is 2.37. The molecule has 0 amide bonds. The Bertz CT molecular complexity index is 144. The van der Waals surface area contributed by atoms with Crippen LogP contribution in [0.1, 0.15) is 6.42 Å². The van der Waals surface area contributed by atoms with Crippen molar-refractivity contribution in [1.29, 1.82) is 0 Å². The molecule has 2 heterocycles. The molecule has 1 heteroatoms. The summed E-state index contributed by atoms with van der Waals surface area (Å²) < 4.78 is 5.14. The molecule has 35 valence electrons. The molecule has 0 fully saturated rings. The lowest BCUT2D eigenvalue weighted by Crippen LogP contribution is -1.80. The van der Waals surface area contributed by atoms with Gasteiger partial charge in [0.25, 0.3) is 0 Å². The Labute approximate surface area is 42.3 Å². The summed E-state index contributed by atoms with van der Waals surface area (Å²) in [5.74, 6) is 1.02. The fourth-order valence-electron chi connectivity index (χ4n) is 0.815. The van der Waals surface area contributed by atoms with Crippen LogP contribution in [0.3, 0.4) is 0 Å². The number of rotatable bonds is 0. The SMILES string of the molecule is C1=CC2=CC[C]1O2. The lowest BCUT2D eigenvalue weighted by molar-refractivity contribution is 0.299. The monoisotopic (exact) mass is 93.0 g/mol. The Morgan fingerprint density at radius 1 is 1.43 bits per heavy atom. The van der Waals surface area contributed by atoms with Gasteiger partial charge < -0.3 is 4.74 Å². The van der Waals surface area contributed by atoms with E-state index in [1.54, 1.807) is 0 Å². The van der Waals surface area contributed by atoms with Crippen LogP contribution >= 0.6 is 0 Å². The Balaban J connectivity index is 2.45. The lowest BCUT2D eigenvalue weighted by Gasteiger charge is -1.93. The molecule has 2 aliphatic rings. The van der Waals surface area contributed by atoms with Crippen LogP contribution in [-0.2, 0) is 4.74 Å². The van der Waals surface area contributed by atoms with E-state index < -0.39 is 0 Å². The Morgan fingerprint density at radius 3 is 2.57 bits per heavy atom. The minimum absolute atomic E-state index is 1.01. The summed E-state index contributed by atoms with van der Waals surface area (Å²) in [5.41, 5.74) is 0. The number of ether oxygens (including phenoxy) is 1. The summed E-state index contributed by atoms with van der Waals surface area (Å²) in [5, 5.41) is 0. The average Bonchev–Trinajstić information content (AvgIpc) is 2.22. The van der Waals surface area contributed by atoms with Gasteiger partial charge in [0, 0.05) is 6.42 Å². The van der Waals surface area contributed by atoms with Gasteiger partial charge in [0.15, 0.2) is 6.10 Å². The summed E-state index contributed by atoms with van der Waals surface area (Å²) in [6.45, 7) is 0. The van der Waals surface area contributed by atoms with Crippen molar-refractivity contribution in [3.05, 3.63) is 30.1 Å². The van der Waals surface area contributed by atoms with E-state index in [0.29, 0.717) is 0 Å². The Hall–Kier alpha value is -0.720. The van der Waals surface area contributed by atoms with Crippen LogP contribution in [0, 0.1) is 6.10 Å². The molecule has 0 saturated carbocycles. The number of allylic oxidation sites excluding steroid dienone is 1. The maximum Gasteiger partial charge on any atom is 0.174 e. The average molecular weight is 93.1 g/mol. The van der Waals surface area contributed by atoms with Crippen LogP contribution in [0.2, 0.25) is 0 Å². The zero-order valence-electron chi connectivity index (χ0n) is 3.85. The molecular formula is C6H5O. The maximum absolute atomic E-state index is 5.14. The van der Waals surface area contributed by atoms with Crippen molar-refractivity contribution in [3.63, 3.8) is 0 Å². The van der Waals surface area contributed by atoms with E-state index in [0.717, 1.165) is 18.3 Å². The topological polar surface area (TPSA) is 9.23 Å². The van der Waals surface area contributed by atoms with Crippen molar-refractivity contribution < 1.29 is 4.74 Å². The van der Waals surface area contributed by atoms with Crippen LogP contribution in [0.15, 0.2) is 24.0 Å². The number of hydrogen-bond acceptors (Lipinski definition) is 1. The standard InChI is InChI=1S/C6H5O/c1-2-6-4-3-5(1)7-6/h1-3H,4H2. The quantitative estimate of drug-likeness (QED) is 0.439. The zero-order chi connectivity index (χ0) is 4.69. The molecule has 0 N–H and O–H groups in total. The van der Waals surface area contributed by atoms with Crippen molar-refractivity contribution in [2.24, 2.45) is 0 Å². The first-order valence-corrected chi connectivity index (χ1v) is 2.37. The smallest absolute Gasteiger partial charge is 0.174 e. The highest BCUT2D eigenvalue weighted by Gasteiger charge is 2.20. The highest BCUT2D eigenvalue weighted by atomic mass is 16.5. The molecule has 2 rings (SSSR count). The molecule has 0 aromatic rings. The fraction of sp³-hybridized carbons (Fsp3) is 0.167. The number of hydrogen-bond donors (Lipinski definition) is 0. The summed E-state index contributed by atoms with van der Waals surface area (Å²) in [6.07, 6.45) is 8.17. The molecule has 0 saturated heterocycles. The predicted molar refractivity (Wildman–Crippen MR) is 26.2 cm³/mol. The first kappa shape index (κ1) is 3.30. The van der Waals surface area contributed by atoms with E-state index in [4.69, 9.17) is 4.74 Å². The van der Waals surface area contributed by atoms with E-state index >= 15 is 0 Å². The van der Waals surface area contributed by atoms with Crippen LogP contribution in [0.4, 0.5) is 0 Å². The molecule has 0 spiro atoms. The van der Waals surface area contributed by atoms with Gasteiger partial charge >= 0.3 is 0 Å². The minimum atomic E-state index is 1.01. The molecule has 2 bridgehead atoms. The highest BCUT2D eigenvalue weighted by Crippen LogP contribution is 2.31. The van der Waals surface area contributed by atoms with Crippen LogP contribution in [-0.4, -0.2) is 0 Å². The maximum atomic E-state index is 5.14. The highest BCUT2D eigenvalue weighted by molar-refractivity contribution is 5.33. The first-order chi connectivity index (χ1) is 3.45. The fourth-order valence-corrected chi connectivity index (χ4v) is 0.815. The van der Waals surface area contributed by atoms with Gasteiger partial charge in [-0.15, -0.1) is 0 Å². The summed E-state index contributed by atoms with van der Waals surface area (Å²) >= 11 is 0. The van der Waals surface area contributed by atoms with Crippen molar-refractivity contribution in [1.82, 2.24) is 0 Å². The molecule has 0 aromatic carbocycles.